The van der Waals surface area contributed by atoms with Crippen molar-refractivity contribution in [2.75, 3.05) is 47.4 Å². The summed E-state index contributed by atoms with van der Waals surface area (Å²) in [7, 11) is 6.13. The zero-order valence-electron chi connectivity index (χ0n) is 13.0. The molecule has 1 aliphatic rings. The standard InChI is InChI=1S/C14H30N4O/c1-5-6-9-16-13(15-2)17-12-14(18(3)4)7-10-19-11-8-14/h5-12H2,1-4H3,(H2,15,16,17). The minimum Gasteiger partial charge on any atom is -0.381 e. The molecule has 5 heteroatoms. The molecule has 1 fully saturated rings. The first-order valence-electron chi connectivity index (χ1n) is 7.34. The molecule has 112 valence electrons. The van der Waals surface area contributed by atoms with Crippen molar-refractivity contribution in [3.8, 4) is 0 Å². The first-order chi connectivity index (χ1) is 9.14. The highest BCUT2D eigenvalue weighted by molar-refractivity contribution is 5.79. The van der Waals surface area contributed by atoms with E-state index in [1.165, 1.54) is 12.8 Å². The third kappa shape index (κ3) is 4.99. The van der Waals surface area contributed by atoms with E-state index in [1.54, 1.807) is 0 Å². The number of rotatable bonds is 6. The van der Waals surface area contributed by atoms with Crippen molar-refractivity contribution in [1.29, 1.82) is 0 Å². The van der Waals surface area contributed by atoms with E-state index in [0.29, 0.717) is 0 Å². The van der Waals surface area contributed by atoms with Gasteiger partial charge in [0.1, 0.15) is 0 Å². The van der Waals surface area contributed by atoms with E-state index in [2.05, 4.69) is 41.5 Å². The van der Waals surface area contributed by atoms with Crippen molar-refractivity contribution >= 4 is 5.96 Å². The molecule has 0 unspecified atom stereocenters. The zero-order valence-corrected chi connectivity index (χ0v) is 13.0. The Hall–Kier alpha value is -0.810. The molecule has 5 nitrogen and oxygen atoms in total. The van der Waals surface area contributed by atoms with Gasteiger partial charge in [-0.1, -0.05) is 13.3 Å². The fourth-order valence-corrected chi connectivity index (χ4v) is 2.39. The second-order valence-electron chi connectivity index (χ2n) is 5.44. The molecule has 1 heterocycles. The van der Waals surface area contributed by atoms with Crippen molar-refractivity contribution in [1.82, 2.24) is 15.5 Å². The van der Waals surface area contributed by atoms with Crippen molar-refractivity contribution in [2.45, 2.75) is 38.1 Å². The molecular formula is C14H30N4O. The summed E-state index contributed by atoms with van der Waals surface area (Å²) in [6.07, 6.45) is 4.51. The van der Waals surface area contributed by atoms with Gasteiger partial charge in [-0.25, -0.2) is 0 Å². The number of unbranched alkanes of at least 4 members (excludes halogenated alkanes) is 1. The normalized spacial score (nSPS) is 19.5. The Balaban J connectivity index is 2.46. The molecule has 0 amide bonds. The smallest absolute Gasteiger partial charge is 0.191 e. The van der Waals surface area contributed by atoms with Crippen LogP contribution in [0.4, 0.5) is 0 Å². The molecule has 0 aromatic heterocycles. The van der Waals surface area contributed by atoms with Gasteiger partial charge in [-0.3, -0.25) is 4.99 Å². The molecule has 0 aliphatic carbocycles. The Morgan fingerprint density at radius 1 is 1.26 bits per heavy atom. The molecule has 0 atom stereocenters. The molecule has 1 saturated heterocycles. The van der Waals surface area contributed by atoms with Crippen molar-refractivity contribution in [3.63, 3.8) is 0 Å². The number of ether oxygens (including phenoxy) is 1. The van der Waals surface area contributed by atoms with Crippen LogP contribution in [0, 0.1) is 0 Å². The highest BCUT2D eigenvalue weighted by Gasteiger charge is 2.34. The number of guanidine groups is 1. The van der Waals surface area contributed by atoms with E-state index >= 15 is 0 Å². The summed E-state index contributed by atoms with van der Waals surface area (Å²) in [5.74, 6) is 0.904. The van der Waals surface area contributed by atoms with Gasteiger partial charge in [-0.15, -0.1) is 0 Å². The molecule has 0 saturated carbocycles. The van der Waals surface area contributed by atoms with Crippen molar-refractivity contribution in [2.24, 2.45) is 4.99 Å². The second kappa shape index (κ2) is 8.38. The largest absolute Gasteiger partial charge is 0.381 e. The van der Waals surface area contributed by atoms with Gasteiger partial charge in [-0.2, -0.15) is 0 Å². The number of hydrogen-bond donors (Lipinski definition) is 2. The lowest BCUT2D eigenvalue weighted by molar-refractivity contribution is -0.00501. The minimum atomic E-state index is 0.181. The SMILES string of the molecule is CCCCNC(=NC)NCC1(N(C)C)CCOCC1. The average molecular weight is 270 g/mol. The van der Waals surface area contributed by atoms with Crippen molar-refractivity contribution < 1.29 is 4.74 Å². The monoisotopic (exact) mass is 270 g/mol. The Morgan fingerprint density at radius 3 is 2.47 bits per heavy atom. The highest BCUT2D eigenvalue weighted by atomic mass is 16.5. The third-order valence-corrected chi connectivity index (χ3v) is 4.00. The van der Waals surface area contributed by atoms with Crippen LogP contribution in [-0.4, -0.2) is 63.8 Å². The minimum absolute atomic E-state index is 0.181. The molecule has 0 aromatic rings. The fourth-order valence-electron chi connectivity index (χ4n) is 2.39. The summed E-state index contributed by atoms with van der Waals surface area (Å²) in [4.78, 5) is 6.60. The molecular weight excluding hydrogens is 240 g/mol. The lowest BCUT2D eigenvalue weighted by Gasteiger charge is -2.43. The number of nitrogens with one attached hydrogen (secondary N) is 2. The maximum Gasteiger partial charge on any atom is 0.191 e. The summed E-state index contributed by atoms with van der Waals surface area (Å²) in [5.41, 5.74) is 0.181. The molecule has 0 spiro atoms. The second-order valence-corrected chi connectivity index (χ2v) is 5.44. The van der Waals surface area contributed by atoms with Gasteiger partial charge in [0.2, 0.25) is 0 Å². The first kappa shape index (κ1) is 16.2. The van der Waals surface area contributed by atoms with E-state index in [0.717, 1.165) is 45.1 Å². The van der Waals surface area contributed by atoms with Crippen LogP contribution >= 0.6 is 0 Å². The third-order valence-electron chi connectivity index (χ3n) is 4.00. The zero-order chi connectivity index (χ0) is 14.1. The van der Waals surface area contributed by atoms with Gasteiger partial charge in [0.25, 0.3) is 0 Å². The van der Waals surface area contributed by atoms with Gasteiger partial charge in [0.05, 0.1) is 0 Å². The molecule has 1 aliphatic heterocycles. The van der Waals surface area contributed by atoms with Gasteiger partial charge in [0.15, 0.2) is 5.96 Å². The molecule has 0 radical (unpaired) electrons. The molecule has 2 N–H and O–H groups in total. The Morgan fingerprint density at radius 2 is 1.95 bits per heavy atom. The van der Waals surface area contributed by atoms with Crippen LogP contribution < -0.4 is 10.6 Å². The van der Waals surface area contributed by atoms with Gasteiger partial charge >= 0.3 is 0 Å². The average Bonchev–Trinajstić information content (AvgIpc) is 2.43. The van der Waals surface area contributed by atoms with Crippen LogP contribution in [0.1, 0.15) is 32.6 Å². The fraction of sp³-hybridized carbons (Fsp3) is 0.929. The summed E-state index contributed by atoms with van der Waals surface area (Å²) in [5, 5.41) is 6.82. The number of likely N-dealkylation sites (N-methyl/N-ethyl adjacent to an activating group) is 1. The number of nitrogens with zero attached hydrogens (tertiary/aromatic N) is 2. The summed E-state index contributed by atoms with van der Waals surface area (Å²) >= 11 is 0. The van der Waals surface area contributed by atoms with Gasteiger partial charge in [0, 0.05) is 38.9 Å². The highest BCUT2D eigenvalue weighted by Crippen LogP contribution is 2.24. The molecule has 1 rings (SSSR count). The Labute approximate surface area is 117 Å². The van der Waals surface area contributed by atoms with E-state index in [1.807, 2.05) is 7.05 Å². The lowest BCUT2D eigenvalue weighted by Crippen LogP contribution is -2.57. The molecule has 0 aromatic carbocycles. The number of aliphatic imine (C=N–C) groups is 1. The predicted octanol–water partition coefficient (Wildman–Crippen LogP) is 1.06. The number of hydrogen-bond acceptors (Lipinski definition) is 3. The molecule has 0 bridgehead atoms. The van der Waals surface area contributed by atoms with E-state index in [9.17, 15) is 0 Å². The topological polar surface area (TPSA) is 48.9 Å². The van der Waals surface area contributed by atoms with Crippen LogP contribution in [0.25, 0.3) is 0 Å². The maximum absolute atomic E-state index is 5.49. The van der Waals surface area contributed by atoms with E-state index < -0.39 is 0 Å². The van der Waals surface area contributed by atoms with Crippen molar-refractivity contribution in [3.05, 3.63) is 0 Å². The van der Waals surface area contributed by atoms with Crippen LogP contribution in [-0.2, 0) is 4.74 Å². The quantitative estimate of drug-likeness (QED) is 0.430. The van der Waals surface area contributed by atoms with Crippen LogP contribution in [0.3, 0.4) is 0 Å². The van der Waals surface area contributed by atoms with Gasteiger partial charge < -0.3 is 20.3 Å². The summed E-state index contributed by atoms with van der Waals surface area (Å²) < 4.78 is 5.49. The van der Waals surface area contributed by atoms with E-state index in [4.69, 9.17) is 4.74 Å². The summed E-state index contributed by atoms with van der Waals surface area (Å²) in [6, 6.07) is 0. The lowest BCUT2D eigenvalue weighted by atomic mass is 9.88. The Bertz CT molecular complexity index is 273. The first-order valence-corrected chi connectivity index (χ1v) is 7.34. The molecule has 19 heavy (non-hydrogen) atoms. The van der Waals surface area contributed by atoms with Crippen LogP contribution in [0.5, 0.6) is 0 Å². The van der Waals surface area contributed by atoms with Gasteiger partial charge in [-0.05, 0) is 33.4 Å². The van der Waals surface area contributed by atoms with Crippen LogP contribution in [0.15, 0.2) is 4.99 Å². The Kier molecular flexibility index (Phi) is 7.16. The van der Waals surface area contributed by atoms with Crippen LogP contribution in [0.2, 0.25) is 0 Å². The van der Waals surface area contributed by atoms with E-state index in [-0.39, 0.29) is 5.54 Å². The maximum atomic E-state index is 5.49. The predicted molar refractivity (Wildman–Crippen MR) is 80.7 cm³/mol. The summed E-state index contributed by atoms with van der Waals surface area (Å²) in [6.45, 7) is 5.79.